The Morgan fingerprint density at radius 3 is 2.48 bits per heavy atom. The molecule has 3 rings (SSSR count). The summed E-state index contributed by atoms with van der Waals surface area (Å²) in [6.07, 6.45) is 5.42. The zero-order valence-electron chi connectivity index (χ0n) is 11.1. The number of benzene rings is 2. The molecular formula is C17H12N2O2. The lowest BCUT2D eigenvalue weighted by Gasteiger charge is -2.02. The standard InChI is InChI=1S/C17H12N2O2/c20-19(21)17-8-4-7-14-15(17)11-12-18-16(14)10-9-13-5-2-1-3-6-13/h1-12H/b10-9+. The van der Waals surface area contributed by atoms with Crippen molar-refractivity contribution in [2.75, 3.05) is 0 Å². The van der Waals surface area contributed by atoms with Crippen molar-refractivity contribution in [3.8, 4) is 0 Å². The molecule has 2 aromatic carbocycles. The van der Waals surface area contributed by atoms with Crippen molar-refractivity contribution in [3.05, 3.63) is 82.2 Å². The minimum atomic E-state index is -0.368. The van der Waals surface area contributed by atoms with Gasteiger partial charge in [-0.25, -0.2) is 0 Å². The molecule has 0 aliphatic rings. The lowest BCUT2D eigenvalue weighted by molar-refractivity contribution is -0.383. The van der Waals surface area contributed by atoms with Crippen LogP contribution in [0, 0.1) is 10.1 Å². The van der Waals surface area contributed by atoms with Crippen LogP contribution in [0.2, 0.25) is 0 Å². The van der Waals surface area contributed by atoms with E-state index in [4.69, 9.17) is 0 Å². The molecule has 0 radical (unpaired) electrons. The van der Waals surface area contributed by atoms with Crippen LogP contribution in [-0.4, -0.2) is 9.91 Å². The fourth-order valence-corrected chi connectivity index (χ4v) is 2.24. The molecule has 0 atom stereocenters. The Morgan fingerprint density at radius 1 is 0.905 bits per heavy atom. The van der Waals surface area contributed by atoms with Gasteiger partial charge in [0.15, 0.2) is 0 Å². The number of nitrogens with zero attached hydrogens (tertiary/aromatic N) is 2. The summed E-state index contributed by atoms with van der Waals surface area (Å²) < 4.78 is 0. The predicted octanol–water partition coefficient (Wildman–Crippen LogP) is 4.31. The van der Waals surface area contributed by atoms with Crippen LogP contribution in [0.15, 0.2) is 60.8 Å². The number of nitro benzene ring substituents is 1. The Hall–Kier alpha value is -3.01. The van der Waals surface area contributed by atoms with Crippen LogP contribution in [0.25, 0.3) is 22.9 Å². The maximum Gasteiger partial charge on any atom is 0.277 e. The van der Waals surface area contributed by atoms with Gasteiger partial charge < -0.3 is 0 Å². The Kier molecular flexibility index (Phi) is 3.43. The smallest absolute Gasteiger partial charge is 0.258 e. The van der Waals surface area contributed by atoms with Crippen molar-refractivity contribution >= 4 is 28.6 Å². The number of hydrogen-bond donors (Lipinski definition) is 0. The molecule has 4 heteroatoms. The topological polar surface area (TPSA) is 56.0 Å². The second-order valence-corrected chi connectivity index (χ2v) is 4.57. The Labute approximate surface area is 121 Å². The van der Waals surface area contributed by atoms with E-state index in [2.05, 4.69) is 4.98 Å². The summed E-state index contributed by atoms with van der Waals surface area (Å²) in [5.41, 5.74) is 1.88. The van der Waals surface area contributed by atoms with Crippen molar-refractivity contribution in [3.63, 3.8) is 0 Å². The number of rotatable bonds is 3. The summed E-state index contributed by atoms with van der Waals surface area (Å²) in [6, 6.07) is 16.6. The lowest BCUT2D eigenvalue weighted by atomic mass is 10.1. The zero-order chi connectivity index (χ0) is 14.7. The van der Waals surface area contributed by atoms with E-state index in [0.717, 1.165) is 16.6 Å². The normalized spacial score (nSPS) is 11.0. The largest absolute Gasteiger partial charge is 0.277 e. The van der Waals surface area contributed by atoms with E-state index in [9.17, 15) is 10.1 Å². The average Bonchev–Trinajstić information content (AvgIpc) is 2.53. The molecule has 0 aliphatic carbocycles. The van der Waals surface area contributed by atoms with E-state index >= 15 is 0 Å². The van der Waals surface area contributed by atoms with E-state index in [1.54, 1.807) is 18.3 Å². The Balaban J connectivity index is 2.10. The monoisotopic (exact) mass is 276 g/mol. The van der Waals surface area contributed by atoms with Gasteiger partial charge in [0.25, 0.3) is 5.69 Å². The van der Waals surface area contributed by atoms with Crippen molar-refractivity contribution in [2.45, 2.75) is 0 Å². The van der Waals surface area contributed by atoms with Gasteiger partial charge in [0.05, 0.1) is 16.0 Å². The third-order valence-electron chi connectivity index (χ3n) is 3.24. The van der Waals surface area contributed by atoms with Gasteiger partial charge >= 0.3 is 0 Å². The van der Waals surface area contributed by atoms with Gasteiger partial charge in [-0.2, -0.15) is 0 Å². The van der Waals surface area contributed by atoms with Crippen LogP contribution in [0.5, 0.6) is 0 Å². The third kappa shape index (κ3) is 2.65. The second-order valence-electron chi connectivity index (χ2n) is 4.57. The second kappa shape index (κ2) is 5.54. The van der Waals surface area contributed by atoms with Crippen LogP contribution in [0.1, 0.15) is 11.3 Å². The van der Waals surface area contributed by atoms with Gasteiger partial charge in [-0.1, -0.05) is 48.5 Å². The quantitative estimate of drug-likeness (QED) is 0.529. The molecule has 0 fully saturated rings. The number of non-ortho nitro benzene ring substituents is 1. The lowest BCUT2D eigenvalue weighted by Crippen LogP contribution is -1.91. The highest BCUT2D eigenvalue weighted by Crippen LogP contribution is 2.27. The first kappa shape index (κ1) is 13.0. The highest BCUT2D eigenvalue weighted by molar-refractivity contribution is 5.96. The predicted molar refractivity (Wildman–Crippen MR) is 83.8 cm³/mol. The van der Waals surface area contributed by atoms with Gasteiger partial charge in [0, 0.05) is 17.6 Å². The van der Waals surface area contributed by atoms with Crippen LogP contribution in [0.3, 0.4) is 0 Å². The molecule has 0 saturated carbocycles. The fraction of sp³-hybridized carbons (Fsp3) is 0. The summed E-state index contributed by atoms with van der Waals surface area (Å²) in [7, 11) is 0. The van der Waals surface area contributed by atoms with E-state index in [-0.39, 0.29) is 10.6 Å². The first-order valence-electron chi connectivity index (χ1n) is 6.51. The fourth-order valence-electron chi connectivity index (χ4n) is 2.24. The molecule has 102 valence electrons. The molecule has 0 N–H and O–H groups in total. The molecule has 21 heavy (non-hydrogen) atoms. The number of pyridine rings is 1. The van der Waals surface area contributed by atoms with Gasteiger partial charge in [-0.05, 0) is 17.7 Å². The molecule has 0 bridgehead atoms. The number of hydrogen-bond acceptors (Lipinski definition) is 3. The Morgan fingerprint density at radius 2 is 1.71 bits per heavy atom. The van der Waals surface area contributed by atoms with Crippen LogP contribution >= 0.6 is 0 Å². The first-order valence-corrected chi connectivity index (χ1v) is 6.51. The SMILES string of the molecule is O=[N+]([O-])c1cccc2c(/C=C/c3ccccc3)nccc12. The average molecular weight is 276 g/mol. The maximum absolute atomic E-state index is 11.1. The highest BCUT2D eigenvalue weighted by Gasteiger charge is 2.12. The Bertz CT molecular complexity index is 827. The van der Waals surface area contributed by atoms with Crippen molar-refractivity contribution in [1.82, 2.24) is 4.98 Å². The minimum Gasteiger partial charge on any atom is -0.258 e. The molecule has 0 saturated heterocycles. The minimum absolute atomic E-state index is 0.101. The summed E-state index contributed by atoms with van der Waals surface area (Å²) in [4.78, 5) is 15.0. The molecule has 3 aromatic rings. The molecule has 0 unspecified atom stereocenters. The van der Waals surface area contributed by atoms with E-state index in [0.29, 0.717) is 5.39 Å². The molecule has 0 spiro atoms. The summed E-state index contributed by atoms with van der Waals surface area (Å²) >= 11 is 0. The molecule has 4 nitrogen and oxygen atoms in total. The number of aromatic nitrogens is 1. The molecule has 0 aliphatic heterocycles. The van der Waals surface area contributed by atoms with E-state index < -0.39 is 0 Å². The molecule has 1 aromatic heterocycles. The molecular weight excluding hydrogens is 264 g/mol. The van der Waals surface area contributed by atoms with Crippen molar-refractivity contribution < 1.29 is 4.92 Å². The molecule has 0 amide bonds. The summed E-state index contributed by atoms with van der Waals surface area (Å²) in [5.74, 6) is 0. The zero-order valence-corrected chi connectivity index (χ0v) is 11.1. The van der Waals surface area contributed by atoms with E-state index in [1.165, 1.54) is 6.07 Å². The number of nitro groups is 1. The molecule has 1 heterocycles. The van der Waals surface area contributed by atoms with Crippen LogP contribution in [0.4, 0.5) is 5.69 Å². The van der Waals surface area contributed by atoms with Crippen molar-refractivity contribution in [1.29, 1.82) is 0 Å². The van der Waals surface area contributed by atoms with E-state index in [1.807, 2.05) is 48.6 Å². The van der Waals surface area contributed by atoms with Crippen LogP contribution in [-0.2, 0) is 0 Å². The summed E-state index contributed by atoms with van der Waals surface area (Å²) in [5, 5.41) is 12.5. The third-order valence-corrected chi connectivity index (χ3v) is 3.24. The van der Waals surface area contributed by atoms with Crippen molar-refractivity contribution in [2.24, 2.45) is 0 Å². The summed E-state index contributed by atoms with van der Waals surface area (Å²) in [6.45, 7) is 0. The van der Waals surface area contributed by atoms with Gasteiger partial charge in [-0.15, -0.1) is 0 Å². The first-order chi connectivity index (χ1) is 10.3. The van der Waals surface area contributed by atoms with Gasteiger partial charge in [-0.3, -0.25) is 15.1 Å². The number of fused-ring (bicyclic) bond motifs is 1. The van der Waals surface area contributed by atoms with Gasteiger partial charge in [0.1, 0.15) is 0 Å². The highest BCUT2D eigenvalue weighted by atomic mass is 16.6. The van der Waals surface area contributed by atoms with Crippen LogP contribution < -0.4 is 0 Å². The maximum atomic E-state index is 11.1. The van der Waals surface area contributed by atoms with Gasteiger partial charge in [0.2, 0.25) is 0 Å².